The third-order valence-corrected chi connectivity index (χ3v) is 3.12. The molecular weight excluding hydrogens is 345 g/mol. The Bertz CT molecular complexity index is 791. The summed E-state index contributed by atoms with van der Waals surface area (Å²) in [5, 5.41) is 8.86. The smallest absolute Gasteiger partial charge is 0.419 e. The predicted octanol–water partition coefficient (Wildman–Crippen LogP) is 5.23. The average Bonchev–Trinajstić information content (AvgIpc) is 2.44. The lowest BCUT2D eigenvalue weighted by molar-refractivity contribution is -0.140. The average molecular weight is 352 g/mol. The van der Waals surface area contributed by atoms with Gasteiger partial charge in [0.15, 0.2) is 0 Å². The second-order valence-electron chi connectivity index (χ2n) is 4.77. The fourth-order valence-corrected chi connectivity index (χ4v) is 2.04. The standard InChI is InChI=1S/C15H7F7O2/c16-12-10(2-1-3-11(12)15(20,21)22)7-4-8(13(23)24)6-9(5-7)14(17,18)19/h1-6H,(H,23,24). The van der Waals surface area contributed by atoms with Crippen LogP contribution in [0.1, 0.15) is 21.5 Å². The summed E-state index contributed by atoms with van der Waals surface area (Å²) in [4.78, 5) is 10.9. The lowest BCUT2D eigenvalue weighted by atomic mass is 9.97. The minimum absolute atomic E-state index is 0.317. The first-order valence-corrected chi connectivity index (χ1v) is 6.23. The molecule has 0 heterocycles. The maximum absolute atomic E-state index is 14.1. The molecule has 0 aliphatic heterocycles. The van der Waals surface area contributed by atoms with Crippen molar-refractivity contribution in [3.63, 3.8) is 0 Å². The molecule has 2 aromatic carbocycles. The van der Waals surface area contributed by atoms with Crippen LogP contribution in [0.4, 0.5) is 30.7 Å². The maximum atomic E-state index is 14.1. The first kappa shape index (κ1) is 17.8. The van der Waals surface area contributed by atoms with E-state index in [-0.39, 0.29) is 0 Å². The number of aromatic carboxylic acids is 1. The van der Waals surface area contributed by atoms with Crippen molar-refractivity contribution in [3.8, 4) is 11.1 Å². The molecule has 0 fully saturated rings. The van der Waals surface area contributed by atoms with Crippen molar-refractivity contribution in [2.24, 2.45) is 0 Å². The van der Waals surface area contributed by atoms with Crippen LogP contribution in [0.25, 0.3) is 11.1 Å². The van der Waals surface area contributed by atoms with Crippen molar-refractivity contribution in [3.05, 3.63) is 58.9 Å². The Morgan fingerprint density at radius 2 is 1.54 bits per heavy atom. The normalized spacial score (nSPS) is 12.3. The van der Waals surface area contributed by atoms with Crippen molar-refractivity contribution in [1.29, 1.82) is 0 Å². The molecule has 1 N–H and O–H groups in total. The highest BCUT2D eigenvalue weighted by Crippen LogP contribution is 2.38. The van der Waals surface area contributed by atoms with Crippen LogP contribution < -0.4 is 0 Å². The van der Waals surface area contributed by atoms with Crippen LogP contribution >= 0.6 is 0 Å². The zero-order valence-corrected chi connectivity index (χ0v) is 11.5. The molecule has 0 unspecified atom stereocenters. The molecular formula is C15H7F7O2. The summed E-state index contributed by atoms with van der Waals surface area (Å²) in [5.74, 6) is -3.50. The van der Waals surface area contributed by atoms with Crippen molar-refractivity contribution in [2.75, 3.05) is 0 Å². The molecule has 0 saturated heterocycles. The van der Waals surface area contributed by atoms with Gasteiger partial charge in [0, 0.05) is 5.56 Å². The zero-order chi connectivity index (χ0) is 18.3. The highest BCUT2D eigenvalue weighted by Gasteiger charge is 2.36. The fourth-order valence-electron chi connectivity index (χ4n) is 2.04. The molecule has 0 aliphatic rings. The summed E-state index contributed by atoms with van der Waals surface area (Å²) in [7, 11) is 0. The van der Waals surface area contributed by atoms with Crippen LogP contribution in [-0.4, -0.2) is 11.1 Å². The van der Waals surface area contributed by atoms with Gasteiger partial charge in [-0.2, -0.15) is 26.3 Å². The minimum Gasteiger partial charge on any atom is -0.478 e. The zero-order valence-electron chi connectivity index (χ0n) is 11.5. The van der Waals surface area contributed by atoms with E-state index in [1.54, 1.807) is 0 Å². The topological polar surface area (TPSA) is 37.3 Å². The van der Waals surface area contributed by atoms with E-state index in [9.17, 15) is 35.5 Å². The van der Waals surface area contributed by atoms with Gasteiger partial charge in [0.1, 0.15) is 5.82 Å². The van der Waals surface area contributed by atoms with Gasteiger partial charge in [-0.3, -0.25) is 0 Å². The number of benzene rings is 2. The molecule has 2 nitrogen and oxygen atoms in total. The summed E-state index contributed by atoms with van der Waals surface area (Å²) < 4.78 is 90.7. The summed E-state index contributed by atoms with van der Waals surface area (Å²) in [5.41, 5.74) is -5.29. The van der Waals surface area contributed by atoms with E-state index in [0.717, 1.165) is 12.1 Å². The molecule has 0 saturated carbocycles. The molecule has 24 heavy (non-hydrogen) atoms. The lowest BCUT2D eigenvalue weighted by Crippen LogP contribution is -2.10. The van der Waals surface area contributed by atoms with Gasteiger partial charge < -0.3 is 5.11 Å². The Kier molecular flexibility index (Phi) is 4.30. The van der Waals surface area contributed by atoms with Gasteiger partial charge in [0.2, 0.25) is 0 Å². The van der Waals surface area contributed by atoms with Crippen molar-refractivity contribution in [1.82, 2.24) is 0 Å². The fraction of sp³-hybridized carbons (Fsp3) is 0.133. The number of carboxylic acids is 1. The molecule has 128 valence electrons. The highest BCUT2D eigenvalue weighted by atomic mass is 19.4. The third kappa shape index (κ3) is 3.50. The van der Waals surface area contributed by atoms with Gasteiger partial charge in [-0.05, 0) is 29.8 Å². The van der Waals surface area contributed by atoms with Gasteiger partial charge in [-0.1, -0.05) is 12.1 Å². The number of hydrogen-bond acceptors (Lipinski definition) is 1. The maximum Gasteiger partial charge on any atom is 0.419 e. The first-order chi connectivity index (χ1) is 10.9. The number of carboxylic acid groups (broad SMARTS) is 1. The largest absolute Gasteiger partial charge is 0.478 e. The van der Waals surface area contributed by atoms with E-state index in [1.165, 1.54) is 0 Å². The first-order valence-electron chi connectivity index (χ1n) is 6.23. The van der Waals surface area contributed by atoms with Gasteiger partial charge in [-0.15, -0.1) is 0 Å². The van der Waals surface area contributed by atoms with Crippen LogP contribution in [0.5, 0.6) is 0 Å². The second-order valence-corrected chi connectivity index (χ2v) is 4.77. The van der Waals surface area contributed by atoms with Gasteiger partial charge in [-0.25, -0.2) is 9.18 Å². The lowest BCUT2D eigenvalue weighted by Gasteiger charge is -2.14. The number of halogens is 7. The summed E-state index contributed by atoms with van der Waals surface area (Å²) >= 11 is 0. The molecule has 0 aliphatic carbocycles. The van der Waals surface area contributed by atoms with E-state index in [2.05, 4.69) is 0 Å². The van der Waals surface area contributed by atoms with Crippen LogP contribution in [0.15, 0.2) is 36.4 Å². The third-order valence-electron chi connectivity index (χ3n) is 3.12. The SMILES string of the molecule is O=C(O)c1cc(-c2cccc(C(F)(F)F)c2F)cc(C(F)(F)F)c1. The molecule has 0 atom stereocenters. The highest BCUT2D eigenvalue weighted by molar-refractivity contribution is 5.90. The molecule has 0 amide bonds. The Morgan fingerprint density at radius 3 is 2.04 bits per heavy atom. The summed E-state index contributed by atoms with van der Waals surface area (Å²) in [6.45, 7) is 0. The van der Waals surface area contributed by atoms with E-state index < -0.39 is 52.0 Å². The van der Waals surface area contributed by atoms with Crippen molar-refractivity contribution >= 4 is 5.97 Å². The monoisotopic (exact) mass is 352 g/mol. The number of alkyl halides is 6. The molecule has 2 aromatic rings. The number of rotatable bonds is 2. The Labute approximate surface area is 130 Å². The van der Waals surface area contributed by atoms with Crippen LogP contribution in [-0.2, 0) is 12.4 Å². The Balaban J connectivity index is 2.73. The van der Waals surface area contributed by atoms with Gasteiger partial charge >= 0.3 is 18.3 Å². The van der Waals surface area contributed by atoms with E-state index in [4.69, 9.17) is 5.11 Å². The van der Waals surface area contributed by atoms with Crippen LogP contribution in [0, 0.1) is 5.82 Å². The predicted molar refractivity (Wildman–Crippen MR) is 68.8 cm³/mol. The van der Waals surface area contributed by atoms with E-state index in [1.807, 2.05) is 0 Å². The van der Waals surface area contributed by atoms with Gasteiger partial charge in [0.05, 0.1) is 16.7 Å². The molecule has 0 aromatic heterocycles. The van der Waals surface area contributed by atoms with Crippen LogP contribution in [0.2, 0.25) is 0 Å². The van der Waals surface area contributed by atoms with E-state index in [0.29, 0.717) is 24.3 Å². The Hall–Kier alpha value is -2.58. The van der Waals surface area contributed by atoms with Crippen LogP contribution in [0.3, 0.4) is 0 Å². The Morgan fingerprint density at radius 1 is 0.917 bits per heavy atom. The summed E-state index contributed by atoms with van der Waals surface area (Å²) in [6.07, 6.45) is -9.99. The second kappa shape index (κ2) is 5.81. The van der Waals surface area contributed by atoms with Crippen molar-refractivity contribution < 1.29 is 40.6 Å². The van der Waals surface area contributed by atoms with Crippen molar-refractivity contribution in [2.45, 2.75) is 12.4 Å². The number of hydrogen-bond donors (Lipinski definition) is 1. The van der Waals surface area contributed by atoms with Gasteiger partial charge in [0.25, 0.3) is 0 Å². The molecule has 9 heteroatoms. The molecule has 0 radical (unpaired) electrons. The molecule has 0 spiro atoms. The van der Waals surface area contributed by atoms with E-state index >= 15 is 0 Å². The molecule has 2 rings (SSSR count). The number of carbonyl (C=O) groups is 1. The quantitative estimate of drug-likeness (QED) is 0.752. The molecule has 0 bridgehead atoms. The minimum atomic E-state index is -5.04. The summed E-state index contributed by atoms with van der Waals surface area (Å²) in [6, 6.07) is 3.48.